The summed E-state index contributed by atoms with van der Waals surface area (Å²) >= 11 is 0. The minimum atomic E-state index is 0.103. The van der Waals surface area contributed by atoms with Gasteiger partial charge in [0.25, 0.3) is 5.91 Å². The fourth-order valence-electron chi connectivity index (χ4n) is 4.05. The highest BCUT2D eigenvalue weighted by Crippen LogP contribution is 2.27. The minimum absolute atomic E-state index is 0.103. The minimum Gasteiger partial charge on any atom is -0.322 e. The number of rotatable bonds is 6. The Morgan fingerprint density at radius 1 is 1.07 bits per heavy atom. The van der Waals surface area contributed by atoms with Gasteiger partial charge in [0.05, 0.1) is 11.6 Å². The van der Waals surface area contributed by atoms with E-state index in [9.17, 15) is 4.79 Å². The van der Waals surface area contributed by atoms with Crippen molar-refractivity contribution in [3.63, 3.8) is 0 Å². The molecule has 0 atom stereocenters. The average molecular weight is 393 g/mol. The molecule has 152 valence electrons. The molecule has 1 fully saturated rings. The molecule has 5 heteroatoms. The number of benzene rings is 2. The number of amides is 1. The Morgan fingerprint density at radius 2 is 1.72 bits per heavy atom. The Morgan fingerprint density at radius 3 is 2.34 bits per heavy atom. The van der Waals surface area contributed by atoms with Gasteiger partial charge in [0.2, 0.25) is 0 Å². The van der Waals surface area contributed by atoms with Crippen molar-refractivity contribution in [2.75, 3.05) is 38.0 Å². The van der Waals surface area contributed by atoms with E-state index in [0.717, 1.165) is 44.0 Å². The molecule has 3 N–H and O–H groups in total. The van der Waals surface area contributed by atoms with Crippen molar-refractivity contribution in [2.24, 2.45) is 0 Å². The Balaban J connectivity index is 1.49. The molecule has 2 aromatic rings. The molecular weight excluding hydrogens is 360 g/mol. The first-order chi connectivity index (χ1) is 14.0. The van der Waals surface area contributed by atoms with E-state index < -0.39 is 0 Å². The highest BCUT2D eigenvalue weighted by Gasteiger charge is 2.25. The van der Waals surface area contributed by atoms with Crippen LogP contribution >= 0.6 is 0 Å². The molecule has 1 amide bonds. The maximum Gasteiger partial charge on any atom is 0.279 e. The van der Waals surface area contributed by atoms with Crippen molar-refractivity contribution in [3.8, 4) is 6.07 Å². The molecule has 3 rings (SSSR count). The standard InChI is InChI=1S/C24H30N4O/c1-18(2)22-6-4-5-19(3)24(22)26-23(29)17-28-13-11-27(12-14-28)16-21-9-7-20(15-25)8-10-21/h4-10,18H,11-14,16-17H2,1-3H3,(H,26,29)/p+2. The molecule has 1 aliphatic heterocycles. The third-order valence-electron chi connectivity index (χ3n) is 5.80. The fraction of sp³-hybridized carbons (Fsp3) is 0.417. The van der Waals surface area contributed by atoms with Crippen LogP contribution in [0, 0.1) is 18.3 Å². The highest BCUT2D eigenvalue weighted by atomic mass is 16.2. The van der Waals surface area contributed by atoms with Gasteiger partial charge in [0.15, 0.2) is 6.54 Å². The summed E-state index contributed by atoms with van der Waals surface area (Å²) in [6, 6.07) is 16.2. The summed E-state index contributed by atoms with van der Waals surface area (Å²) in [4.78, 5) is 15.6. The third kappa shape index (κ3) is 5.66. The van der Waals surface area contributed by atoms with E-state index in [2.05, 4.69) is 50.4 Å². The van der Waals surface area contributed by atoms with Crippen LogP contribution in [0.15, 0.2) is 42.5 Å². The first-order valence-electron chi connectivity index (χ1n) is 10.5. The quantitative estimate of drug-likeness (QED) is 0.684. The highest BCUT2D eigenvalue weighted by molar-refractivity contribution is 5.93. The number of hydrogen-bond acceptors (Lipinski definition) is 2. The van der Waals surface area contributed by atoms with E-state index in [1.54, 1.807) is 4.90 Å². The van der Waals surface area contributed by atoms with Crippen molar-refractivity contribution >= 4 is 11.6 Å². The van der Waals surface area contributed by atoms with Crippen LogP contribution < -0.4 is 15.1 Å². The van der Waals surface area contributed by atoms with Crippen LogP contribution in [-0.2, 0) is 11.3 Å². The summed E-state index contributed by atoms with van der Waals surface area (Å²) in [7, 11) is 0. The van der Waals surface area contributed by atoms with E-state index >= 15 is 0 Å². The predicted octanol–water partition coefficient (Wildman–Crippen LogP) is 0.912. The summed E-state index contributed by atoms with van der Waals surface area (Å²) in [6.45, 7) is 12.0. The van der Waals surface area contributed by atoms with Crippen molar-refractivity contribution in [1.82, 2.24) is 0 Å². The van der Waals surface area contributed by atoms with Crippen LogP contribution in [0.2, 0.25) is 0 Å². The molecule has 0 unspecified atom stereocenters. The molecule has 0 aliphatic carbocycles. The number of nitriles is 1. The van der Waals surface area contributed by atoms with Crippen LogP contribution in [0.1, 0.15) is 42.0 Å². The van der Waals surface area contributed by atoms with Crippen molar-refractivity contribution in [3.05, 3.63) is 64.7 Å². The molecule has 5 nitrogen and oxygen atoms in total. The average Bonchev–Trinajstić information content (AvgIpc) is 2.71. The van der Waals surface area contributed by atoms with Gasteiger partial charge in [-0.1, -0.05) is 44.2 Å². The smallest absolute Gasteiger partial charge is 0.279 e. The number of carbonyl (C=O) groups is 1. The van der Waals surface area contributed by atoms with Crippen LogP contribution in [0.5, 0.6) is 0 Å². The monoisotopic (exact) mass is 392 g/mol. The first-order valence-corrected chi connectivity index (χ1v) is 10.5. The Kier molecular flexibility index (Phi) is 7.03. The second kappa shape index (κ2) is 9.69. The van der Waals surface area contributed by atoms with Crippen molar-refractivity contribution < 1.29 is 14.6 Å². The lowest BCUT2D eigenvalue weighted by atomic mass is 9.98. The van der Waals surface area contributed by atoms with Gasteiger partial charge in [-0.3, -0.25) is 4.79 Å². The molecule has 2 aromatic carbocycles. The normalized spacial score (nSPS) is 19.0. The van der Waals surface area contributed by atoms with Crippen LogP contribution in [0.4, 0.5) is 5.69 Å². The van der Waals surface area contributed by atoms with Gasteiger partial charge < -0.3 is 15.1 Å². The predicted molar refractivity (Wildman–Crippen MR) is 115 cm³/mol. The maximum absolute atomic E-state index is 12.7. The molecule has 0 spiro atoms. The van der Waals surface area contributed by atoms with Crippen LogP contribution in [0.25, 0.3) is 0 Å². The zero-order chi connectivity index (χ0) is 20.8. The SMILES string of the molecule is Cc1cccc(C(C)C)c1NC(=O)C[NH+]1CC[NH+](Cc2ccc(C#N)cc2)CC1. The van der Waals surface area contributed by atoms with Crippen molar-refractivity contribution in [1.29, 1.82) is 5.26 Å². The molecule has 0 aromatic heterocycles. The lowest BCUT2D eigenvalue weighted by molar-refractivity contribution is -1.02. The number of para-hydroxylation sites is 1. The molecule has 0 radical (unpaired) electrons. The second-order valence-electron chi connectivity index (χ2n) is 8.40. The molecule has 29 heavy (non-hydrogen) atoms. The number of piperazine rings is 1. The second-order valence-corrected chi connectivity index (χ2v) is 8.40. The van der Waals surface area contributed by atoms with E-state index in [1.807, 2.05) is 24.3 Å². The third-order valence-corrected chi connectivity index (χ3v) is 5.80. The van der Waals surface area contributed by atoms with Crippen LogP contribution in [0.3, 0.4) is 0 Å². The van der Waals surface area contributed by atoms with E-state index in [4.69, 9.17) is 5.26 Å². The lowest BCUT2D eigenvalue weighted by Gasteiger charge is -2.29. The van der Waals surface area contributed by atoms with Crippen LogP contribution in [-0.4, -0.2) is 38.6 Å². The number of carbonyl (C=O) groups excluding carboxylic acids is 1. The van der Waals surface area contributed by atoms with E-state index in [0.29, 0.717) is 18.0 Å². The van der Waals surface area contributed by atoms with Crippen molar-refractivity contribution in [2.45, 2.75) is 33.2 Å². The zero-order valence-electron chi connectivity index (χ0n) is 17.7. The number of nitrogens with zero attached hydrogens (tertiary/aromatic N) is 1. The molecule has 1 saturated heterocycles. The van der Waals surface area contributed by atoms with Gasteiger partial charge in [-0.25, -0.2) is 0 Å². The zero-order valence-corrected chi connectivity index (χ0v) is 17.7. The molecular formula is C24H32N4O+2. The van der Waals surface area contributed by atoms with Gasteiger partial charge in [0, 0.05) is 11.3 Å². The molecule has 0 saturated carbocycles. The van der Waals surface area contributed by atoms with Gasteiger partial charge >= 0.3 is 0 Å². The van der Waals surface area contributed by atoms with Gasteiger partial charge in [0.1, 0.15) is 32.7 Å². The number of quaternary nitrogens is 2. The summed E-state index contributed by atoms with van der Waals surface area (Å²) < 4.78 is 0. The lowest BCUT2D eigenvalue weighted by Crippen LogP contribution is -3.28. The first kappa shape index (κ1) is 21.0. The Bertz CT molecular complexity index is 875. The summed E-state index contributed by atoms with van der Waals surface area (Å²) in [5.74, 6) is 0.485. The van der Waals surface area contributed by atoms with Gasteiger partial charge in [-0.05, 0) is 36.1 Å². The van der Waals surface area contributed by atoms with Gasteiger partial charge in [-0.2, -0.15) is 5.26 Å². The van der Waals surface area contributed by atoms with E-state index in [1.165, 1.54) is 16.0 Å². The summed E-state index contributed by atoms with van der Waals surface area (Å²) in [5, 5.41) is 12.1. The number of anilines is 1. The summed E-state index contributed by atoms with van der Waals surface area (Å²) in [5.41, 5.74) is 5.28. The number of aryl methyl sites for hydroxylation is 1. The molecule has 0 bridgehead atoms. The topological polar surface area (TPSA) is 61.8 Å². The number of hydrogen-bond donors (Lipinski definition) is 3. The Labute approximate surface area is 173 Å². The summed E-state index contributed by atoms with van der Waals surface area (Å²) in [6.07, 6.45) is 0. The Hall–Kier alpha value is -2.68. The van der Waals surface area contributed by atoms with E-state index in [-0.39, 0.29) is 5.91 Å². The number of nitrogens with one attached hydrogen (secondary N) is 3. The molecule has 1 heterocycles. The molecule has 1 aliphatic rings. The fourth-order valence-corrected chi connectivity index (χ4v) is 4.05. The maximum atomic E-state index is 12.7. The van der Waals surface area contributed by atoms with Gasteiger partial charge in [-0.15, -0.1) is 0 Å². The largest absolute Gasteiger partial charge is 0.322 e.